The van der Waals surface area contributed by atoms with Crippen LogP contribution in [0.3, 0.4) is 0 Å². The van der Waals surface area contributed by atoms with E-state index in [0.717, 1.165) is 36.5 Å². The summed E-state index contributed by atoms with van der Waals surface area (Å²) < 4.78 is 1.94. The Bertz CT molecular complexity index is 324. The van der Waals surface area contributed by atoms with Crippen molar-refractivity contribution in [3.05, 3.63) is 16.9 Å². The summed E-state index contributed by atoms with van der Waals surface area (Å²) in [6, 6.07) is 0. The van der Waals surface area contributed by atoms with Gasteiger partial charge in [-0.2, -0.15) is 5.10 Å². The lowest BCUT2D eigenvalue weighted by atomic mass is 10.0. The number of hydrogen-bond acceptors (Lipinski definition) is 2. The van der Waals surface area contributed by atoms with Crippen molar-refractivity contribution in [2.75, 3.05) is 0 Å². The second kappa shape index (κ2) is 3.91. The van der Waals surface area contributed by atoms with Crippen LogP contribution in [-0.2, 0) is 6.54 Å². The molecule has 14 heavy (non-hydrogen) atoms. The molecule has 0 spiro atoms. The van der Waals surface area contributed by atoms with Gasteiger partial charge in [0.2, 0.25) is 0 Å². The normalized spacial score (nSPS) is 27.1. The number of halogens is 1. The zero-order valence-electron chi connectivity index (χ0n) is 8.28. The summed E-state index contributed by atoms with van der Waals surface area (Å²) in [7, 11) is 0. The summed E-state index contributed by atoms with van der Waals surface area (Å²) in [5.41, 5.74) is 1.10. The van der Waals surface area contributed by atoms with Gasteiger partial charge in [-0.3, -0.25) is 4.68 Å². The van der Waals surface area contributed by atoms with E-state index in [1.807, 2.05) is 4.68 Å². The van der Waals surface area contributed by atoms with Crippen molar-refractivity contribution in [2.24, 2.45) is 0 Å². The highest BCUT2D eigenvalue weighted by Gasteiger charge is 2.28. The van der Waals surface area contributed by atoms with Gasteiger partial charge in [0.25, 0.3) is 0 Å². The highest BCUT2D eigenvalue weighted by atomic mass is 35.5. The molecule has 2 atom stereocenters. The van der Waals surface area contributed by atoms with Gasteiger partial charge in [-0.15, -0.1) is 0 Å². The van der Waals surface area contributed by atoms with Crippen LogP contribution >= 0.6 is 11.6 Å². The van der Waals surface area contributed by atoms with Crippen LogP contribution < -0.4 is 0 Å². The van der Waals surface area contributed by atoms with Crippen LogP contribution in [0.25, 0.3) is 0 Å². The molecule has 2 unspecified atom stereocenters. The van der Waals surface area contributed by atoms with Crippen LogP contribution in [0.15, 0.2) is 6.20 Å². The molecule has 0 saturated heterocycles. The molecule has 1 fully saturated rings. The van der Waals surface area contributed by atoms with Gasteiger partial charge in [0.05, 0.1) is 23.0 Å². The first-order valence-corrected chi connectivity index (χ1v) is 5.49. The summed E-state index contributed by atoms with van der Waals surface area (Å²) in [6.45, 7) is 2.90. The zero-order valence-corrected chi connectivity index (χ0v) is 9.04. The summed E-state index contributed by atoms with van der Waals surface area (Å²) in [4.78, 5) is 0. The Morgan fingerprint density at radius 1 is 1.64 bits per heavy atom. The van der Waals surface area contributed by atoms with Gasteiger partial charge in [0.15, 0.2) is 0 Å². The average Bonchev–Trinajstić information content (AvgIpc) is 2.71. The maximum absolute atomic E-state index is 9.48. The van der Waals surface area contributed by atoms with Gasteiger partial charge in [0, 0.05) is 12.5 Å². The van der Waals surface area contributed by atoms with Crippen molar-refractivity contribution < 1.29 is 5.11 Å². The van der Waals surface area contributed by atoms with Gasteiger partial charge in [0.1, 0.15) is 0 Å². The first-order chi connectivity index (χ1) is 6.72. The van der Waals surface area contributed by atoms with Gasteiger partial charge >= 0.3 is 0 Å². The van der Waals surface area contributed by atoms with Crippen LogP contribution in [0.1, 0.15) is 37.8 Å². The highest BCUT2D eigenvalue weighted by molar-refractivity contribution is 6.31. The van der Waals surface area contributed by atoms with E-state index in [2.05, 4.69) is 12.0 Å². The van der Waals surface area contributed by atoms with E-state index in [9.17, 15) is 5.11 Å². The number of aliphatic hydroxyl groups is 1. The lowest BCUT2D eigenvalue weighted by molar-refractivity contribution is 0.181. The Morgan fingerprint density at radius 3 is 3.00 bits per heavy atom. The molecule has 1 aromatic rings. The number of nitrogens with zero attached hydrogens (tertiary/aromatic N) is 2. The van der Waals surface area contributed by atoms with E-state index in [-0.39, 0.29) is 6.10 Å². The highest BCUT2D eigenvalue weighted by Crippen LogP contribution is 2.37. The quantitative estimate of drug-likeness (QED) is 0.820. The van der Waals surface area contributed by atoms with Gasteiger partial charge in [-0.05, 0) is 26.2 Å². The van der Waals surface area contributed by atoms with E-state index in [0.29, 0.717) is 5.92 Å². The van der Waals surface area contributed by atoms with Crippen molar-refractivity contribution in [2.45, 2.75) is 44.8 Å². The van der Waals surface area contributed by atoms with Crippen molar-refractivity contribution in [3.63, 3.8) is 0 Å². The number of aryl methyl sites for hydroxylation is 1. The Labute approximate surface area is 88.7 Å². The number of rotatable bonds is 2. The molecule has 1 N–H and O–H groups in total. The molecule has 0 aliphatic heterocycles. The largest absolute Gasteiger partial charge is 0.393 e. The molecule has 1 aliphatic carbocycles. The molecule has 78 valence electrons. The average molecular weight is 215 g/mol. The van der Waals surface area contributed by atoms with E-state index in [4.69, 9.17) is 11.6 Å². The standard InChI is InChI=1S/C10H15ClN2O/c1-2-13-10(9(11)6-12-13)7-3-4-8(14)5-7/h6-8,14H,2-5H2,1H3. The van der Waals surface area contributed by atoms with Gasteiger partial charge < -0.3 is 5.11 Å². The van der Waals surface area contributed by atoms with E-state index < -0.39 is 0 Å². The molecule has 0 bridgehead atoms. The van der Waals surface area contributed by atoms with Crippen molar-refractivity contribution in [3.8, 4) is 0 Å². The molecular formula is C10H15ClN2O. The Kier molecular flexibility index (Phi) is 2.79. The number of aromatic nitrogens is 2. The van der Waals surface area contributed by atoms with Crippen LogP contribution in [0, 0.1) is 0 Å². The molecule has 1 aromatic heterocycles. The SMILES string of the molecule is CCn1ncc(Cl)c1C1CCC(O)C1. The van der Waals surface area contributed by atoms with Crippen LogP contribution in [0.4, 0.5) is 0 Å². The van der Waals surface area contributed by atoms with Crippen LogP contribution in [0.5, 0.6) is 0 Å². The third kappa shape index (κ3) is 1.66. The summed E-state index contributed by atoms with van der Waals surface area (Å²) >= 11 is 6.09. The zero-order chi connectivity index (χ0) is 10.1. The molecule has 1 aliphatic rings. The predicted octanol–water partition coefficient (Wildman–Crippen LogP) is 2.18. The second-order valence-corrected chi connectivity index (χ2v) is 4.26. The lowest BCUT2D eigenvalue weighted by Gasteiger charge is -2.12. The Morgan fingerprint density at radius 2 is 2.43 bits per heavy atom. The minimum absolute atomic E-state index is 0.156. The molecular weight excluding hydrogens is 200 g/mol. The summed E-state index contributed by atoms with van der Waals surface area (Å²) in [5, 5.41) is 14.4. The monoisotopic (exact) mass is 214 g/mol. The molecule has 0 aromatic carbocycles. The second-order valence-electron chi connectivity index (χ2n) is 3.86. The summed E-state index contributed by atoms with van der Waals surface area (Å²) in [6.07, 6.45) is 4.27. The minimum Gasteiger partial charge on any atom is -0.393 e. The Balaban J connectivity index is 2.26. The minimum atomic E-state index is -0.156. The van der Waals surface area contributed by atoms with Gasteiger partial charge in [-0.1, -0.05) is 11.6 Å². The fourth-order valence-electron chi connectivity index (χ4n) is 2.24. The Hall–Kier alpha value is -0.540. The fraction of sp³-hybridized carbons (Fsp3) is 0.700. The summed E-state index contributed by atoms with van der Waals surface area (Å²) in [5.74, 6) is 0.389. The fourth-order valence-corrected chi connectivity index (χ4v) is 2.53. The van der Waals surface area contributed by atoms with Gasteiger partial charge in [-0.25, -0.2) is 0 Å². The van der Waals surface area contributed by atoms with E-state index >= 15 is 0 Å². The smallest absolute Gasteiger partial charge is 0.0820 e. The van der Waals surface area contributed by atoms with Crippen LogP contribution in [0.2, 0.25) is 5.02 Å². The molecule has 1 heterocycles. The van der Waals surface area contributed by atoms with Crippen LogP contribution in [-0.4, -0.2) is 21.0 Å². The number of hydrogen-bond donors (Lipinski definition) is 1. The molecule has 4 heteroatoms. The van der Waals surface area contributed by atoms with Crippen molar-refractivity contribution in [1.29, 1.82) is 0 Å². The first-order valence-electron chi connectivity index (χ1n) is 5.11. The molecule has 1 saturated carbocycles. The molecule has 2 rings (SSSR count). The third-order valence-corrected chi connectivity index (χ3v) is 3.22. The maximum Gasteiger partial charge on any atom is 0.0820 e. The van der Waals surface area contributed by atoms with E-state index in [1.165, 1.54) is 0 Å². The molecule has 0 radical (unpaired) electrons. The molecule has 3 nitrogen and oxygen atoms in total. The molecule has 0 amide bonds. The number of aliphatic hydroxyl groups excluding tert-OH is 1. The predicted molar refractivity (Wildman–Crippen MR) is 55.5 cm³/mol. The third-order valence-electron chi connectivity index (χ3n) is 2.92. The van der Waals surface area contributed by atoms with E-state index in [1.54, 1.807) is 6.20 Å². The topological polar surface area (TPSA) is 38.0 Å². The van der Waals surface area contributed by atoms with Crippen molar-refractivity contribution in [1.82, 2.24) is 9.78 Å². The maximum atomic E-state index is 9.48. The van der Waals surface area contributed by atoms with Crippen molar-refractivity contribution >= 4 is 11.6 Å². The first kappa shape index (κ1) is 9.99. The lowest BCUT2D eigenvalue weighted by Crippen LogP contribution is -2.07.